The quantitative estimate of drug-likeness (QED) is 0.490. The van der Waals surface area contributed by atoms with E-state index in [0.717, 1.165) is 6.42 Å². The first-order valence-electron chi connectivity index (χ1n) is 9.87. The molecule has 2 amide bonds. The van der Waals surface area contributed by atoms with Gasteiger partial charge in [-0.05, 0) is 51.8 Å². The van der Waals surface area contributed by atoms with Gasteiger partial charge >= 0.3 is 0 Å². The summed E-state index contributed by atoms with van der Waals surface area (Å²) in [7, 11) is 0. The fourth-order valence-electron chi connectivity index (χ4n) is 2.93. The number of hydrogen-bond acceptors (Lipinski definition) is 5. The number of ether oxygens (including phenoxy) is 2. The molecule has 0 radical (unpaired) electrons. The summed E-state index contributed by atoms with van der Waals surface area (Å²) in [6, 6.07) is 5.03. The van der Waals surface area contributed by atoms with Crippen molar-refractivity contribution in [3.63, 3.8) is 0 Å². The SMILES string of the molecule is CCCC(=O)c1ccc2c(c1)N(CC(=O)NCCCOC(C)C)C(=O)C(C)O2. The van der Waals surface area contributed by atoms with Crippen LogP contribution in [0.3, 0.4) is 0 Å². The minimum absolute atomic E-state index is 0.00549. The molecular formula is C21H30N2O5. The average Bonchev–Trinajstić information content (AvgIpc) is 2.64. The van der Waals surface area contributed by atoms with Crippen LogP contribution in [-0.4, -0.2) is 49.5 Å². The second-order valence-corrected chi connectivity index (χ2v) is 7.16. The molecule has 0 fully saturated rings. The highest BCUT2D eigenvalue weighted by molar-refractivity contribution is 6.05. The molecule has 2 rings (SSSR count). The summed E-state index contributed by atoms with van der Waals surface area (Å²) < 4.78 is 11.1. The number of carbonyl (C=O) groups excluding carboxylic acids is 3. The standard InChI is InChI=1S/C21H30N2O5/c1-5-7-18(24)16-8-9-19-17(12-16)23(21(26)15(4)28-19)13-20(25)22-10-6-11-27-14(2)3/h8-9,12,14-15H,5-7,10-11,13H2,1-4H3,(H,22,25). The van der Waals surface area contributed by atoms with Crippen LogP contribution in [0.25, 0.3) is 0 Å². The molecular weight excluding hydrogens is 360 g/mol. The van der Waals surface area contributed by atoms with Crippen molar-refractivity contribution in [2.45, 2.75) is 59.2 Å². The van der Waals surface area contributed by atoms with Gasteiger partial charge in [0.1, 0.15) is 12.3 Å². The molecule has 0 aromatic heterocycles. The van der Waals surface area contributed by atoms with E-state index in [0.29, 0.717) is 43.0 Å². The number of Topliss-reactive ketones (excluding diaryl/α,β-unsaturated/α-hetero) is 1. The van der Waals surface area contributed by atoms with E-state index in [2.05, 4.69) is 5.32 Å². The summed E-state index contributed by atoms with van der Waals surface area (Å²) in [6.07, 6.45) is 1.35. The monoisotopic (exact) mass is 390 g/mol. The number of carbonyl (C=O) groups is 3. The third-order valence-electron chi connectivity index (χ3n) is 4.36. The van der Waals surface area contributed by atoms with Crippen molar-refractivity contribution in [3.8, 4) is 5.75 Å². The van der Waals surface area contributed by atoms with E-state index in [4.69, 9.17) is 9.47 Å². The van der Waals surface area contributed by atoms with Crippen LogP contribution in [0, 0.1) is 0 Å². The Bertz CT molecular complexity index is 717. The van der Waals surface area contributed by atoms with Crippen LogP contribution in [-0.2, 0) is 14.3 Å². The van der Waals surface area contributed by atoms with Gasteiger partial charge in [0.2, 0.25) is 5.91 Å². The minimum Gasteiger partial charge on any atom is -0.479 e. The molecule has 1 aliphatic rings. The van der Waals surface area contributed by atoms with Gasteiger partial charge in [0.15, 0.2) is 11.9 Å². The third-order valence-corrected chi connectivity index (χ3v) is 4.36. The zero-order valence-electron chi connectivity index (χ0n) is 17.1. The van der Waals surface area contributed by atoms with Gasteiger partial charge in [-0.25, -0.2) is 0 Å². The van der Waals surface area contributed by atoms with E-state index in [9.17, 15) is 14.4 Å². The Labute approximate surface area is 166 Å². The average molecular weight is 390 g/mol. The number of rotatable bonds is 10. The number of hydrogen-bond donors (Lipinski definition) is 1. The number of amides is 2. The zero-order valence-corrected chi connectivity index (χ0v) is 17.1. The normalized spacial score (nSPS) is 16.0. The second kappa shape index (κ2) is 10.2. The van der Waals surface area contributed by atoms with Crippen molar-refractivity contribution >= 4 is 23.3 Å². The van der Waals surface area contributed by atoms with E-state index in [1.807, 2.05) is 20.8 Å². The highest BCUT2D eigenvalue weighted by Gasteiger charge is 2.33. The van der Waals surface area contributed by atoms with Crippen molar-refractivity contribution in [3.05, 3.63) is 23.8 Å². The molecule has 0 spiro atoms. The summed E-state index contributed by atoms with van der Waals surface area (Å²) in [5.41, 5.74) is 0.978. The first-order chi connectivity index (χ1) is 13.3. The van der Waals surface area contributed by atoms with Gasteiger partial charge in [-0.15, -0.1) is 0 Å². The molecule has 1 unspecified atom stereocenters. The molecule has 0 saturated heterocycles. The smallest absolute Gasteiger partial charge is 0.268 e. The number of fused-ring (bicyclic) bond motifs is 1. The minimum atomic E-state index is -0.683. The van der Waals surface area contributed by atoms with E-state index in [1.165, 1.54) is 4.90 Å². The van der Waals surface area contributed by atoms with Crippen molar-refractivity contribution in [1.82, 2.24) is 5.32 Å². The highest BCUT2D eigenvalue weighted by Crippen LogP contribution is 2.35. The van der Waals surface area contributed by atoms with E-state index >= 15 is 0 Å². The number of ketones is 1. The number of anilines is 1. The lowest BCUT2D eigenvalue weighted by Crippen LogP contribution is -2.49. The Hall–Kier alpha value is -2.41. The molecule has 1 aromatic rings. The molecule has 1 atom stereocenters. The van der Waals surface area contributed by atoms with Crippen molar-refractivity contribution in [2.75, 3.05) is 24.6 Å². The van der Waals surface area contributed by atoms with Gasteiger partial charge in [-0.1, -0.05) is 6.92 Å². The fraction of sp³-hybridized carbons (Fsp3) is 0.571. The maximum absolute atomic E-state index is 12.6. The van der Waals surface area contributed by atoms with E-state index < -0.39 is 6.10 Å². The Morgan fingerprint density at radius 2 is 2.07 bits per heavy atom. The van der Waals surface area contributed by atoms with Crippen molar-refractivity contribution in [2.24, 2.45) is 0 Å². The molecule has 154 valence electrons. The topological polar surface area (TPSA) is 84.9 Å². The van der Waals surface area contributed by atoms with Gasteiger partial charge in [-0.2, -0.15) is 0 Å². The Kier molecular flexibility index (Phi) is 7.99. The largest absolute Gasteiger partial charge is 0.479 e. The Balaban J connectivity index is 2.06. The predicted octanol–water partition coefficient (Wildman–Crippen LogP) is 2.71. The first kappa shape index (κ1) is 21.9. The molecule has 7 nitrogen and oxygen atoms in total. The zero-order chi connectivity index (χ0) is 20.7. The lowest BCUT2D eigenvalue weighted by Gasteiger charge is -2.32. The molecule has 28 heavy (non-hydrogen) atoms. The third kappa shape index (κ3) is 5.79. The molecule has 1 aliphatic heterocycles. The molecule has 1 heterocycles. The van der Waals surface area contributed by atoms with Crippen LogP contribution >= 0.6 is 0 Å². The molecule has 1 aromatic carbocycles. The van der Waals surface area contributed by atoms with E-state index in [1.54, 1.807) is 25.1 Å². The van der Waals surface area contributed by atoms with Gasteiger partial charge in [0, 0.05) is 25.1 Å². The Morgan fingerprint density at radius 3 is 2.75 bits per heavy atom. The van der Waals surface area contributed by atoms with Crippen molar-refractivity contribution < 1.29 is 23.9 Å². The Morgan fingerprint density at radius 1 is 1.32 bits per heavy atom. The van der Waals surface area contributed by atoms with Crippen LogP contribution in [0.15, 0.2) is 18.2 Å². The predicted molar refractivity (Wildman–Crippen MR) is 107 cm³/mol. The maximum Gasteiger partial charge on any atom is 0.268 e. The summed E-state index contributed by atoms with van der Waals surface area (Å²) >= 11 is 0. The molecule has 1 N–H and O–H groups in total. The van der Waals surface area contributed by atoms with Crippen LogP contribution in [0.2, 0.25) is 0 Å². The van der Waals surface area contributed by atoms with Gasteiger partial charge in [-0.3, -0.25) is 19.3 Å². The van der Waals surface area contributed by atoms with Crippen LogP contribution in [0.1, 0.15) is 57.3 Å². The van der Waals surface area contributed by atoms with Gasteiger partial charge in [0.25, 0.3) is 5.91 Å². The lowest BCUT2D eigenvalue weighted by molar-refractivity contribution is -0.128. The van der Waals surface area contributed by atoms with Gasteiger partial charge < -0.3 is 14.8 Å². The summed E-state index contributed by atoms with van der Waals surface area (Å²) in [6.45, 7) is 8.43. The van der Waals surface area contributed by atoms with Crippen molar-refractivity contribution in [1.29, 1.82) is 0 Å². The van der Waals surface area contributed by atoms with Crippen LogP contribution in [0.5, 0.6) is 5.75 Å². The molecule has 7 heteroatoms. The van der Waals surface area contributed by atoms with Crippen LogP contribution in [0.4, 0.5) is 5.69 Å². The second-order valence-electron chi connectivity index (χ2n) is 7.16. The summed E-state index contributed by atoms with van der Waals surface area (Å²) in [5.74, 6) is -0.0571. The molecule has 0 saturated carbocycles. The van der Waals surface area contributed by atoms with Gasteiger partial charge in [0.05, 0.1) is 11.8 Å². The number of nitrogens with zero attached hydrogens (tertiary/aromatic N) is 1. The summed E-state index contributed by atoms with van der Waals surface area (Å²) in [5, 5.41) is 2.81. The van der Waals surface area contributed by atoms with E-state index in [-0.39, 0.29) is 30.2 Å². The van der Waals surface area contributed by atoms with Crippen LogP contribution < -0.4 is 15.0 Å². The molecule has 0 bridgehead atoms. The number of nitrogens with one attached hydrogen (secondary N) is 1. The lowest BCUT2D eigenvalue weighted by atomic mass is 10.0. The maximum atomic E-state index is 12.6. The fourth-order valence-corrected chi connectivity index (χ4v) is 2.93. The highest BCUT2D eigenvalue weighted by atomic mass is 16.5. The first-order valence-corrected chi connectivity index (χ1v) is 9.87. The molecule has 0 aliphatic carbocycles. The summed E-state index contributed by atoms with van der Waals surface area (Å²) in [4.78, 5) is 38.6. The number of benzene rings is 1.